The number of para-hydroxylation sites is 1. The normalized spacial score (nSPS) is 11.5. The lowest BCUT2D eigenvalue weighted by Gasteiger charge is -1.97. The first-order valence-corrected chi connectivity index (χ1v) is 6.95. The van der Waals surface area contributed by atoms with Crippen LogP contribution in [0.5, 0.6) is 0 Å². The summed E-state index contributed by atoms with van der Waals surface area (Å²) in [6.07, 6.45) is 1.55. The Bertz CT molecular complexity index is 1010. The van der Waals surface area contributed by atoms with E-state index in [9.17, 15) is 4.39 Å². The molecule has 0 atom stereocenters. The minimum absolute atomic E-state index is 0.280. The third kappa shape index (κ3) is 2.59. The van der Waals surface area contributed by atoms with Crippen molar-refractivity contribution in [1.82, 2.24) is 20.2 Å². The summed E-state index contributed by atoms with van der Waals surface area (Å²) in [4.78, 5) is 7.53. The van der Waals surface area contributed by atoms with Crippen molar-refractivity contribution in [2.75, 3.05) is 5.43 Å². The summed E-state index contributed by atoms with van der Waals surface area (Å²) in [5, 5.41) is 13.2. The monoisotopic (exact) mass is 306 g/mol. The molecule has 0 aliphatic carbocycles. The lowest BCUT2D eigenvalue weighted by atomic mass is 10.2. The number of rotatable bonds is 3. The largest absolute Gasteiger partial charge is 0.338 e. The molecule has 4 aromatic rings. The zero-order chi connectivity index (χ0) is 15.6. The molecule has 0 spiro atoms. The second kappa shape index (κ2) is 5.45. The van der Waals surface area contributed by atoms with Crippen LogP contribution in [0.15, 0.2) is 53.6 Å². The van der Waals surface area contributed by atoms with Crippen LogP contribution in [0.4, 0.5) is 10.3 Å². The van der Waals surface area contributed by atoms with Crippen LogP contribution < -0.4 is 5.43 Å². The number of hydrazone groups is 1. The molecule has 2 aromatic carbocycles. The number of H-pyrrole nitrogens is 1. The molecule has 0 saturated carbocycles. The highest BCUT2D eigenvalue weighted by atomic mass is 19.1. The van der Waals surface area contributed by atoms with Gasteiger partial charge in [0.1, 0.15) is 11.3 Å². The summed E-state index contributed by atoms with van der Waals surface area (Å²) in [5.41, 5.74) is 5.79. The minimum Gasteiger partial charge on any atom is -0.338 e. The Labute approximate surface area is 130 Å². The minimum atomic E-state index is -0.285. The molecule has 2 aromatic heterocycles. The highest BCUT2D eigenvalue weighted by Crippen LogP contribution is 2.21. The van der Waals surface area contributed by atoms with Gasteiger partial charge >= 0.3 is 0 Å². The predicted octanol–water partition coefficient (Wildman–Crippen LogP) is 3.09. The van der Waals surface area contributed by atoms with Crippen molar-refractivity contribution < 1.29 is 4.39 Å². The number of nitrogens with zero attached hydrogens (tertiary/aromatic N) is 4. The maximum Gasteiger partial charge on any atom is 0.265 e. The zero-order valence-corrected chi connectivity index (χ0v) is 11.9. The van der Waals surface area contributed by atoms with E-state index in [0.29, 0.717) is 11.2 Å². The number of benzene rings is 2. The lowest BCUT2D eigenvalue weighted by molar-refractivity contribution is 0.628. The van der Waals surface area contributed by atoms with Gasteiger partial charge in [0.25, 0.3) is 5.95 Å². The molecule has 0 fully saturated rings. The maximum atomic E-state index is 12.8. The van der Waals surface area contributed by atoms with Gasteiger partial charge < -0.3 is 4.98 Å². The van der Waals surface area contributed by atoms with Gasteiger partial charge in [-0.3, -0.25) is 0 Å². The van der Waals surface area contributed by atoms with Crippen LogP contribution in [0.1, 0.15) is 5.56 Å². The number of fused-ring (bicyclic) bond motifs is 3. The summed E-state index contributed by atoms with van der Waals surface area (Å²) >= 11 is 0. The molecule has 23 heavy (non-hydrogen) atoms. The van der Waals surface area contributed by atoms with Crippen LogP contribution in [-0.4, -0.2) is 26.4 Å². The number of aromatic amines is 1. The Kier molecular flexibility index (Phi) is 3.16. The molecule has 112 valence electrons. The van der Waals surface area contributed by atoms with Gasteiger partial charge in [0, 0.05) is 10.9 Å². The fourth-order valence-corrected chi connectivity index (χ4v) is 2.28. The van der Waals surface area contributed by atoms with Gasteiger partial charge in [-0.25, -0.2) is 9.82 Å². The summed E-state index contributed by atoms with van der Waals surface area (Å²) in [5.74, 6) is -0.00526. The molecule has 7 heteroatoms. The second-order valence-corrected chi connectivity index (χ2v) is 4.92. The summed E-state index contributed by atoms with van der Waals surface area (Å²) in [6.45, 7) is 0. The van der Waals surface area contributed by atoms with Crippen LogP contribution >= 0.6 is 0 Å². The maximum absolute atomic E-state index is 12.8. The van der Waals surface area contributed by atoms with E-state index in [1.54, 1.807) is 18.3 Å². The molecule has 4 rings (SSSR count). The smallest absolute Gasteiger partial charge is 0.265 e. The van der Waals surface area contributed by atoms with Crippen molar-refractivity contribution in [2.24, 2.45) is 5.10 Å². The van der Waals surface area contributed by atoms with Gasteiger partial charge in [-0.2, -0.15) is 10.1 Å². The molecule has 2 N–H and O–H groups in total. The highest BCUT2D eigenvalue weighted by Gasteiger charge is 2.07. The molecule has 0 bridgehead atoms. The van der Waals surface area contributed by atoms with E-state index in [1.807, 2.05) is 24.3 Å². The van der Waals surface area contributed by atoms with Crippen molar-refractivity contribution in [3.8, 4) is 0 Å². The van der Waals surface area contributed by atoms with Crippen LogP contribution in [0, 0.1) is 5.82 Å². The number of halogens is 1. The fraction of sp³-hybridized carbons (Fsp3) is 0. The van der Waals surface area contributed by atoms with E-state index in [0.717, 1.165) is 16.5 Å². The van der Waals surface area contributed by atoms with Crippen LogP contribution in [0.3, 0.4) is 0 Å². The van der Waals surface area contributed by atoms with Crippen molar-refractivity contribution in [3.05, 3.63) is 59.9 Å². The molecule has 0 saturated heterocycles. The third-order valence-corrected chi connectivity index (χ3v) is 3.37. The molecular formula is C16H11FN6. The van der Waals surface area contributed by atoms with Crippen molar-refractivity contribution in [3.63, 3.8) is 0 Å². The van der Waals surface area contributed by atoms with E-state index >= 15 is 0 Å². The predicted molar refractivity (Wildman–Crippen MR) is 86.8 cm³/mol. The third-order valence-electron chi connectivity index (χ3n) is 3.37. The topological polar surface area (TPSA) is 78.8 Å². The molecule has 0 aliphatic rings. The summed E-state index contributed by atoms with van der Waals surface area (Å²) < 4.78 is 12.8. The molecule has 0 radical (unpaired) electrons. The molecular weight excluding hydrogens is 295 g/mol. The Morgan fingerprint density at radius 2 is 1.87 bits per heavy atom. The Morgan fingerprint density at radius 1 is 1.04 bits per heavy atom. The first-order chi connectivity index (χ1) is 11.3. The standard InChI is InChI=1S/C16H11FN6/c17-11-7-5-10(6-8-11)9-18-22-16-20-15-14(21-23-16)12-3-1-2-4-13(12)19-15/h1-9H,(H2,19,20,22,23)/b18-9+. The first kappa shape index (κ1) is 13.3. The van der Waals surface area contributed by atoms with Gasteiger partial charge in [0.05, 0.1) is 6.21 Å². The number of anilines is 1. The molecule has 0 aliphatic heterocycles. The average Bonchev–Trinajstić information content (AvgIpc) is 2.94. The highest BCUT2D eigenvalue weighted by molar-refractivity contribution is 6.03. The van der Waals surface area contributed by atoms with Crippen LogP contribution in [0.25, 0.3) is 22.1 Å². The average molecular weight is 306 g/mol. The van der Waals surface area contributed by atoms with Gasteiger partial charge in [-0.05, 0) is 23.8 Å². The van der Waals surface area contributed by atoms with Gasteiger partial charge in [0.2, 0.25) is 0 Å². The lowest BCUT2D eigenvalue weighted by Crippen LogP contribution is -1.99. The van der Waals surface area contributed by atoms with E-state index < -0.39 is 0 Å². The molecule has 2 heterocycles. The van der Waals surface area contributed by atoms with E-state index in [2.05, 4.69) is 30.7 Å². The van der Waals surface area contributed by atoms with E-state index in [1.165, 1.54) is 12.1 Å². The van der Waals surface area contributed by atoms with Gasteiger partial charge in [-0.15, -0.1) is 10.2 Å². The summed E-state index contributed by atoms with van der Waals surface area (Å²) in [7, 11) is 0. The second-order valence-electron chi connectivity index (χ2n) is 4.92. The Balaban J connectivity index is 1.59. The number of aromatic nitrogens is 4. The molecule has 0 amide bonds. The number of hydrogen-bond donors (Lipinski definition) is 2. The van der Waals surface area contributed by atoms with Gasteiger partial charge in [-0.1, -0.05) is 30.3 Å². The van der Waals surface area contributed by atoms with E-state index in [-0.39, 0.29) is 11.8 Å². The Hall–Kier alpha value is -3.35. The molecule has 6 nitrogen and oxygen atoms in total. The Morgan fingerprint density at radius 3 is 2.74 bits per heavy atom. The fourth-order valence-electron chi connectivity index (χ4n) is 2.28. The first-order valence-electron chi connectivity index (χ1n) is 6.95. The quantitative estimate of drug-likeness (QED) is 0.450. The van der Waals surface area contributed by atoms with Crippen LogP contribution in [-0.2, 0) is 0 Å². The van der Waals surface area contributed by atoms with Crippen molar-refractivity contribution in [1.29, 1.82) is 0 Å². The van der Waals surface area contributed by atoms with Gasteiger partial charge in [0.15, 0.2) is 5.65 Å². The number of hydrogen-bond acceptors (Lipinski definition) is 5. The number of nitrogens with one attached hydrogen (secondary N) is 2. The van der Waals surface area contributed by atoms with Crippen molar-refractivity contribution in [2.45, 2.75) is 0 Å². The van der Waals surface area contributed by atoms with Crippen molar-refractivity contribution >= 4 is 34.2 Å². The molecule has 0 unspecified atom stereocenters. The summed E-state index contributed by atoms with van der Waals surface area (Å²) in [6, 6.07) is 13.8. The van der Waals surface area contributed by atoms with Crippen LogP contribution in [0.2, 0.25) is 0 Å². The SMILES string of the molecule is Fc1ccc(/C=N/Nc2nnc3c(n2)[nH]c2ccccc23)cc1. The zero-order valence-electron chi connectivity index (χ0n) is 11.9. The van der Waals surface area contributed by atoms with E-state index in [4.69, 9.17) is 0 Å².